The molecule has 0 radical (unpaired) electrons. The van der Waals surface area contributed by atoms with Crippen LogP contribution in [0, 0.1) is 23.2 Å². The van der Waals surface area contributed by atoms with Crippen LogP contribution in [0.15, 0.2) is 59.1 Å². The Morgan fingerprint density at radius 3 is 2.40 bits per heavy atom. The Morgan fingerprint density at radius 2 is 1.77 bits per heavy atom. The number of benzene rings is 1. The van der Waals surface area contributed by atoms with Crippen LogP contribution in [-0.4, -0.2) is 62.6 Å². The smallest absolute Gasteiger partial charge is 0.220 e. The molecule has 1 aromatic rings. The second-order valence-corrected chi connectivity index (χ2v) is 11.7. The number of rotatable bonds is 11. The van der Waals surface area contributed by atoms with E-state index in [1.54, 1.807) is 0 Å². The van der Waals surface area contributed by atoms with Gasteiger partial charge in [0.1, 0.15) is 6.79 Å². The van der Waals surface area contributed by atoms with Crippen molar-refractivity contribution in [2.45, 2.75) is 78.9 Å². The topological polar surface area (TPSA) is 149 Å². The quantitative estimate of drug-likeness (QED) is 0.261. The summed E-state index contributed by atoms with van der Waals surface area (Å²) >= 11 is 0. The lowest BCUT2D eigenvalue weighted by molar-refractivity contribution is -0.121. The Labute approximate surface area is 259 Å². The van der Waals surface area contributed by atoms with Crippen LogP contribution in [0.3, 0.4) is 0 Å². The summed E-state index contributed by atoms with van der Waals surface area (Å²) in [6.45, 7) is 14.4. The molecule has 2 aliphatic carbocycles. The third-order valence-corrected chi connectivity index (χ3v) is 8.22. The van der Waals surface area contributed by atoms with Gasteiger partial charge in [0.25, 0.3) is 0 Å². The molecule has 0 aromatic heterocycles. The number of nitrogens with zero attached hydrogens (tertiary/aromatic N) is 1. The predicted molar refractivity (Wildman–Crippen MR) is 174 cm³/mol. The largest absolute Gasteiger partial charge is 0.377 e. The maximum absolute atomic E-state index is 12.4. The third-order valence-electron chi connectivity index (χ3n) is 8.22. The van der Waals surface area contributed by atoms with Gasteiger partial charge >= 0.3 is 0 Å². The van der Waals surface area contributed by atoms with Crippen molar-refractivity contribution in [3.63, 3.8) is 0 Å². The molecule has 1 fully saturated rings. The third kappa shape index (κ3) is 13.2. The van der Waals surface area contributed by atoms with Gasteiger partial charge in [-0.15, -0.1) is 0 Å². The van der Waals surface area contributed by atoms with E-state index in [9.17, 15) is 4.79 Å². The second-order valence-electron chi connectivity index (χ2n) is 11.7. The van der Waals surface area contributed by atoms with Crippen molar-refractivity contribution in [2.24, 2.45) is 39.8 Å². The van der Waals surface area contributed by atoms with Gasteiger partial charge in [0, 0.05) is 36.6 Å². The zero-order chi connectivity index (χ0) is 32.1. The van der Waals surface area contributed by atoms with Crippen LogP contribution >= 0.6 is 0 Å². The molecule has 1 aromatic carbocycles. The summed E-state index contributed by atoms with van der Waals surface area (Å²) in [6, 6.07) is 9.95. The number of ether oxygens (including phenoxy) is 2. The van der Waals surface area contributed by atoms with Gasteiger partial charge in [-0.1, -0.05) is 89.1 Å². The Kier molecular flexibility index (Phi) is 19.5. The van der Waals surface area contributed by atoms with Crippen LogP contribution in [-0.2, 0) is 25.7 Å². The predicted octanol–water partition coefficient (Wildman–Crippen LogP) is 5.02. The first kappa shape index (κ1) is 38.3. The lowest BCUT2D eigenvalue weighted by Crippen LogP contribution is -2.47. The second kappa shape index (κ2) is 21.9. The molecule has 43 heavy (non-hydrogen) atoms. The molecular formula is C34H56N4O5. The summed E-state index contributed by atoms with van der Waals surface area (Å²) in [7, 11) is 0. The number of fused-ring (bicyclic) bond motifs is 1. The van der Waals surface area contributed by atoms with Crippen molar-refractivity contribution in [1.82, 2.24) is 5.32 Å². The average Bonchev–Trinajstić information content (AvgIpc) is 3.25. The van der Waals surface area contributed by atoms with Gasteiger partial charge < -0.3 is 30.5 Å². The highest BCUT2D eigenvalue weighted by atomic mass is 16.5. The van der Waals surface area contributed by atoms with Gasteiger partial charge in [-0.2, -0.15) is 0 Å². The van der Waals surface area contributed by atoms with Crippen molar-refractivity contribution in [3.8, 4) is 0 Å². The molecule has 2 unspecified atom stereocenters. The van der Waals surface area contributed by atoms with Crippen molar-refractivity contribution >= 4 is 18.4 Å². The molecule has 3 aliphatic rings. The SMILES string of the molecule is C=O.CCC(=O)N[C@H](COCc1ccccc1)C1=NCC2(C)C=CC=C(COCC3CCC(C)CC3)CC12.CCN.NO. The normalized spacial score (nSPS) is 24.6. The molecule has 0 saturated heterocycles. The van der Waals surface area contributed by atoms with Crippen LogP contribution in [0.5, 0.6) is 0 Å². The molecule has 1 saturated carbocycles. The van der Waals surface area contributed by atoms with Crippen molar-refractivity contribution in [1.29, 1.82) is 0 Å². The maximum atomic E-state index is 12.4. The number of carbonyl (C=O) groups is 2. The Hall–Kier alpha value is -2.69. The van der Waals surface area contributed by atoms with Gasteiger partial charge in [0.05, 0.1) is 25.9 Å². The fourth-order valence-corrected chi connectivity index (χ4v) is 5.74. The number of hydrogen-bond acceptors (Lipinski definition) is 8. The number of aliphatic imine (C=N–C) groups is 1. The summed E-state index contributed by atoms with van der Waals surface area (Å²) in [5, 5.41) is 9.70. The number of hydrogen-bond donors (Lipinski definition) is 4. The summed E-state index contributed by atoms with van der Waals surface area (Å²) in [5.74, 6) is 5.33. The first-order valence-electron chi connectivity index (χ1n) is 15.5. The number of nitrogens with one attached hydrogen (secondary N) is 1. The van der Waals surface area contributed by atoms with E-state index in [4.69, 9.17) is 30.2 Å². The average molecular weight is 601 g/mol. The number of allylic oxidation sites excluding steroid dienone is 2. The molecule has 1 amide bonds. The van der Waals surface area contributed by atoms with E-state index in [0.717, 1.165) is 43.3 Å². The fourth-order valence-electron chi connectivity index (χ4n) is 5.74. The molecule has 6 N–H and O–H groups in total. The minimum Gasteiger partial charge on any atom is -0.377 e. The summed E-state index contributed by atoms with van der Waals surface area (Å²) in [4.78, 5) is 25.4. The Morgan fingerprint density at radius 1 is 1.12 bits per heavy atom. The van der Waals surface area contributed by atoms with Crippen molar-refractivity contribution in [2.75, 3.05) is 32.9 Å². The molecule has 3 atom stereocenters. The molecular weight excluding hydrogens is 544 g/mol. The highest BCUT2D eigenvalue weighted by Gasteiger charge is 2.43. The van der Waals surface area contributed by atoms with Crippen LogP contribution in [0.4, 0.5) is 0 Å². The summed E-state index contributed by atoms with van der Waals surface area (Å²) < 4.78 is 12.3. The van der Waals surface area contributed by atoms with E-state index in [2.05, 4.69) is 55.4 Å². The molecule has 1 heterocycles. The maximum Gasteiger partial charge on any atom is 0.220 e. The minimum atomic E-state index is -0.217. The zero-order valence-corrected chi connectivity index (χ0v) is 26.8. The lowest BCUT2D eigenvalue weighted by Gasteiger charge is -2.32. The van der Waals surface area contributed by atoms with E-state index >= 15 is 0 Å². The van der Waals surface area contributed by atoms with Gasteiger partial charge in [0.2, 0.25) is 5.91 Å². The molecule has 9 nitrogen and oxygen atoms in total. The van der Waals surface area contributed by atoms with Gasteiger partial charge in [-0.05, 0) is 48.8 Å². The minimum absolute atomic E-state index is 0.0321. The highest BCUT2D eigenvalue weighted by Crippen LogP contribution is 2.42. The Balaban J connectivity index is 0.00000122. The summed E-state index contributed by atoms with van der Waals surface area (Å²) in [6.07, 6.45) is 13.3. The van der Waals surface area contributed by atoms with Gasteiger partial charge in [-0.3, -0.25) is 9.79 Å². The number of nitrogens with two attached hydrogens (primary N) is 2. The first-order valence-corrected chi connectivity index (χ1v) is 15.5. The van der Waals surface area contributed by atoms with E-state index in [0.29, 0.717) is 32.2 Å². The van der Waals surface area contributed by atoms with Crippen LogP contribution in [0.2, 0.25) is 0 Å². The molecule has 0 bridgehead atoms. The van der Waals surface area contributed by atoms with Gasteiger partial charge in [0.15, 0.2) is 0 Å². The highest BCUT2D eigenvalue weighted by molar-refractivity contribution is 5.97. The van der Waals surface area contributed by atoms with E-state index < -0.39 is 0 Å². The van der Waals surface area contributed by atoms with Crippen LogP contribution in [0.1, 0.15) is 71.8 Å². The lowest BCUT2D eigenvalue weighted by atomic mass is 9.73. The molecule has 4 rings (SSSR count). The zero-order valence-electron chi connectivity index (χ0n) is 26.8. The molecule has 0 spiro atoms. The van der Waals surface area contributed by atoms with E-state index in [-0.39, 0.29) is 23.3 Å². The number of amides is 1. The monoisotopic (exact) mass is 600 g/mol. The fraction of sp³-hybridized carbons (Fsp3) is 0.618. The van der Waals surface area contributed by atoms with Gasteiger partial charge in [-0.25, -0.2) is 5.90 Å². The van der Waals surface area contributed by atoms with Crippen LogP contribution in [0.25, 0.3) is 0 Å². The molecule has 1 aliphatic heterocycles. The molecule has 9 heteroatoms. The van der Waals surface area contributed by atoms with E-state index in [1.165, 1.54) is 31.3 Å². The van der Waals surface area contributed by atoms with Crippen molar-refractivity contribution < 1.29 is 24.3 Å². The Bertz CT molecular complexity index is 992. The first-order chi connectivity index (χ1) is 20.9. The number of carbonyl (C=O) groups excluding carboxylic acids is 2. The standard InChI is InChI=1S/C31H44N2O3.C2H7N.CH2O.H3NO/c1-4-29(34)33-28(21-36-18-24-9-6-5-7-10-24)30-27-17-26(11-8-16-31(27,3)22-32-30)20-35-19-25-14-12-23(2)13-15-25;1-2-3;2*1-2/h5-11,16,23,25,27-28H,4,12-15,17-22H2,1-3H3,(H,33,34);2-3H2,1H3;1H2;2H,1H2/t23?,25?,27?,28-,31?;;;/m1.../s1. The van der Waals surface area contributed by atoms with Crippen molar-refractivity contribution in [3.05, 3.63) is 59.7 Å². The summed E-state index contributed by atoms with van der Waals surface area (Å²) in [5.41, 5.74) is 8.29. The van der Waals surface area contributed by atoms with E-state index in [1.807, 2.05) is 38.8 Å². The molecule has 242 valence electrons. The van der Waals surface area contributed by atoms with Crippen LogP contribution < -0.4 is 16.9 Å².